The molecule has 31 heavy (non-hydrogen) atoms. The van der Waals surface area contributed by atoms with Crippen molar-refractivity contribution in [2.24, 2.45) is 0 Å². The highest BCUT2D eigenvalue weighted by atomic mass is 32.2. The van der Waals surface area contributed by atoms with Crippen molar-refractivity contribution in [2.75, 3.05) is 12.9 Å². The summed E-state index contributed by atoms with van der Waals surface area (Å²) in [4.78, 5) is 0. The van der Waals surface area contributed by atoms with Gasteiger partial charge in [-0.15, -0.1) is 11.3 Å². The zero-order chi connectivity index (χ0) is 22.2. The summed E-state index contributed by atoms with van der Waals surface area (Å²) in [6.07, 6.45) is 3.49. The van der Waals surface area contributed by atoms with Crippen LogP contribution in [0.1, 0.15) is 17.0 Å². The van der Waals surface area contributed by atoms with Gasteiger partial charge in [-0.1, -0.05) is 11.3 Å². The fourth-order valence-corrected chi connectivity index (χ4v) is 6.05. The molecule has 10 heteroatoms. The summed E-state index contributed by atoms with van der Waals surface area (Å²) in [6, 6.07) is 7.25. The second-order valence-electron chi connectivity index (χ2n) is 6.82. The summed E-state index contributed by atoms with van der Waals surface area (Å²) in [5, 5.41) is 3.66. The van der Waals surface area contributed by atoms with E-state index in [1.165, 1.54) is 23.5 Å². The molecule has 0 aliphatic heterocycles. The van der Waals surface area contributed by atoms with Crippen molar-refractivity contribution in [1.29, 1.82) is 0 Å². The van der Waals surface area contributed by atoms with Gasteiger partial charge in [-0.25, -0.2) is 8.78 Å². The van der Waals surface area contributed by atoms with Crippen LogP contribution in [0.5, 0.6) is 5.75 Å². The second-order valence-corrected chi connectivity index (χ2v) is 10.4. The number of thiazole rings is 1. The smallest absolute Gasteiger partial charge is 0.265 e. The summed E-state index contributed by atoms with van der Waals surface area (Å²) in [7, 11) is -2.48. The lowest BCUT2D eigenvalue weighted by Gasteiger charge is -2.02. The molecule has 0 aliphatic rings. The van der Waals surface area contributed by atoms with Crippen LogP contribution in [0.25, 0.3) is 32.5 Å². The Hall–Kier alpha value is -2.40. The highest BCUT2D eigenvalue weighted by molar-refractivity contribution is 7.85. The Balaban J connectivity index is 1.84. The van der Waals surface area contributed by atoms with E-state index in [9.17, 15) is 17.2 Å². The molecule has 0 aliphatic carbocycles. The molecule has 5 nitrogen and oxygen atoms in total. The molecule has 162 valence electrons. The molecular formula is C21H18F2NO4S3+. The molecule has 0 fully saturated rings. The Labute approximate surface area is 185 Å². The Morgan fingerprint density at radius 3 is 2.71 bits per heavy atom. The maximum atomic E-state index is 14.1. The normalized spacial score (nSPS) is 12.4. The fourth-order valence-electron chi connectivity index (χ4n) is 3.39. The third-order valence-electron chi connectivity index (χ3n) is 4.76. The van der Waals surface area contributed by atoms with Gasteiger partial charge in [0.2, 0.25) is 5.52 Å². The molecule has 2 aromatic heterocycles. The minimum atomic E-state index is -4.08. The number of nitrogens with zero attached hydrogens (tertiary/aromatic N) is 1. The standard InChI is InChI=1S/C21H17F2NO4S3/c1-28-17-12-18-20(21-15(17)7-9-29-21)24(8-2-10-31(25,26)27)19(30-18)6-4-13-3-5-14(22)11-16(13)23/h3-7,9,11-12H,2,8,10H2,1H3/p+1. The van der Waals surface area contributed by atoms with Gasteiger partial charge < -0.3 is 4.74 Å². The van der Waals surface area contributed by atoms with Gasteiger partial charge in [0.15, 0.2) is 6.54 Å². The summed E-state index contributed by atoms with van der Waals surface area (Å²) < 4.78 is 68.1. The maximum absolute atomic E-state index is 14.1. The van der Waals surface area contributed by atoms with Crippen LogP contribution < -0.4 is 9.30 Å². The van der Waals surface area contributed by atoms with Crippen LogP contribution in [0, 0.1) is 11.6 Å². The predicted molar refractivity (Wildman–Crippen MR) is 120 cm³/mol. The number of fused-ring (bicyclic) bond motifs is 3. The molecule has 0 atom stereocenters. The molecule has 0 saturated carbocycles. The number of thiophene rings is 1. The van der Waals surface area contributed by atoms with E-state index in [2.05, 4.69) is 0 Å². The molecular weight excluding hydrogens is 464 g/mol. The molecule has 2 heterocycles. The highest BCUT2D eigenvalue weighted by Gasteiger charge is 2.24. The monoisotopic (exact) mass is 482 g/mol. The van der Waals surface area contributed by atoms with Gasteiger partial charge in [-0.05, 0) is 29.7 Å². The summed E-state index contributed by atoms with van der Waals surface area (Å²) in [6.45, 7) is 0.338. The number of aryl methyl sites for hydroxylation is 1. The maximum Gasteiger partial charge on any atom is 0.265 e. The van der Waals surface area contributed by atoms with Gasteiger partial charge in [-0.2, -0.15) is 13.0 Å². The van der Waals surface area contributed by atoms with E-state index < -0.39 is 21.8 Å². The number of aromatic nitrogens is 1. The van der Waals surface area contributed by atoms with Crippen molar-refractivity contribution in [3.05, 3.63) is 57.9 Å². The van der Waals surface area contributed by atoms with Crippen LogP contribution in [-0.4, -0.2) is 25.8 Å². The molecule has 0 unspecified atom stereocenters. The lowest BCUT2D eigenvalue weighted by atomic mass is 10.2. The molecule has 4 rings (SSSR count). The van der Waals surface area contributed by atoms with Gasteiger partial charge in [0.1, 0.15) is 26.8 Å². The topological polar surface area (TPSA) is 67.5 Å². The number of hydrogen-bond donors (Lipinski definition) is 1. The van der Waals surface area contributed by atoms with Crippen molar-refractivity contribution >= 4 is 65.2 Å². The number of rotatable bonds is 7. The first-order valence-electron chi connectivity index (χ1n) is 9.25. The third kappa shape index (κ3) is 4.62. The lowest BCUT2D eigenvalue weighted by molar-refractivity contribution is -0.667. The number of hydrogen-bond acceptors (Lipinski definition) is 5. The van der Waals surface area contributed by atoms with E-state index in [-0.39, 0.29) is 17.7 Å². The minimum Gasteiger partial charge on any atom is -0.496 e. The van der Waals surface area contributed by atoms with Gasteiger partial charge in [-0.3, -0.25) is 4.55 Å². The third-order valence-corrected chi connectivity index (χ3v) is 7.59. The van der Waals surface area contributed by atoms with E-state index in [0.717, 1.165) is 37.1 Å². The Kier molecular flexibility index (Phi) is 6.07. The van der Waals surface area contributed by atoms with Gasteiger partial charge in [0, 0.05) is 35.6 Å². The average molecular weight is 483 g/mol. The Morgan fingerprint density at radius 1 is 1.19 bits per heavy atom. The van der Waals surface area contributed by atoms with Crippen LogP contribution >= 0.6 is 22.7 Å². The predicted octanol–water partition coefficient (Wildman–Crippen LogP) is 5.14. The molecule has 0 radical (unpaired) electrons. The first-order valence-corrected chi connectivity index (χ1v) is 12.6. The van der Waals surface area contributed by atoms with Crippen molar-refractivity contribution in [1.82, 2.24) is 0 Å². The second kappa shape index (κ2) is 8.62. The number of halogens is 2. The molecule has 1 N–H and O–H groups in total. The van der Waals surface area contributed by atoms with Gasteiger partial charge in [0.05, 0.1) is 12.9 Å². The van der Waals surface area contributed by atoms with Crippen LogP contribution in [0.2, 0.25) is 0 Å². The van der Waals surface area contributed by atoms with E-state index in [1.54, 1.807) is 30.6 Å². The lowest BCUT2D eigenvalue weighted by Crippen LogP contribution is -2.36. The van der Waals surface area contributed by atoms with Gasteiger partial charge in [0.25, 0.3) is 15.1 Å². The van der Waals surface area contributed by atoms with Gasteiger partial charge >= 0.3 is 0 Å². The molecule has 0 bridgehead atoms. The molecule has 0 amide bonds. The van der Waals surface area contributed by atoms with Crippen molar-refractivity contribution in [3.63, 3.8) is 0 Å². The molecule has 2 aromatic carbocycles. The summed E-state index contributed by atoms with van der Waals surface area (Å²) in [5.41, 5.74) is 1.16. The van der Waals surface area contributed by atoms with Crippen molar-refractivity contribution in [3.8, 4) is 5.75 Å². The fraction of sp³-hybridized carbons (Fsp3) is 0.190. The SMILES string of the molecule is COc1cc2sc(C=Cc3ccc(F)cc3F)[n+](CCCS(=O)(=O)O)c2c2sccc12. The average Bonchev–Trinajstić information content (AvgIpc) is 3.30. The van der Waals surface area contributed by atoms with Crippen LogP contribution in [0.15, 0.2) is 35.7 Å². The summed E-state index contributed by atoms with van der Waals surface area (Å²) >= 11 is 3.00. The van der Waals surface area contributed by atoms with Crippen LogP contribution in [0.4, 0.5) is 8.78 Å². The van der Waals surface area contributed by atoms with E-state index in [0.29, 0.717) is 6.54 Å². The number of ether oxygens (including phenoxy) is 1. The first-order chi connectivity index (χ1) is 14.8. The van der Waals surface area contributed by atoms with E-state index >= 15 is 0 Å². The quantitative estimate of drug-likeness (QED) is 0.293. The van der Waals surface area contributed by atoms with Crippen LogP contribution in [-0.2, 0) is 16.7 Å². The Bertz CT molecular complexity index is 1410. The largest absolute Gasteiger partial charge is 0.496 e. The highest BCUT2D eigenvalue weighted by Crippen LogP contribution is 2.38. The van der Waals surface area contributed by atoms with E-state index in [4.69, 9.17) is 9.29 Å². The summed E-state index contributed by atoms with van der Waals surface area (Å²) in [5.74, 6) is -0.951. The minimum absolute atomic E-state index is 0.208. The Morgan fingerprint density at radius 2 is 2.00 bits per heavy atom. The molecule has 4 aromatic rings. The van der Waals surface area contributed by atoms with E-state index in [1.807, 2.05) is 22.1 Å². The van der Waals surface area contributed by atoms with Crippen LogP contribution in [0.3, 0.4) is 0 Å². The van der Waals surface area contributed by atoms with Crippen molar-refractivity contribution in [2.45, 2.75) is 13.0 Å². The first kappa shape index (κ1) is 21.8. The molecule has 0 spiro atoms. The number of methoxy groups -OCH3 is 1. The molecule has 0 saturated heterocycles. The van der Waals surface area contributed by atoms with Crippen molar-refractivity contribution < 1.29 is 31.1 Å². The number of benzene rings is 2. The zero-order valence-electron chi connectivity index (χ0n) is 16.3. The zero-order valence-corrected chi connectivity index (χ0v) is 18.8.